The second kappa shape index (κ2) is 4.43. The van der Waals surface area contributed by atoms with Crippen LogP contribution in [0.1, 0.15) is 26.3 Å². The molecule has 0 aliphatic carbocycles. The molecule has 0 N–H and O–H groups in total. The van der Waals surface area contributed by atoms with E-state index < -0.39 is 0 Å². The van der Waals surface area contributed by atoms with Crippen molar-refractivity contribution in [2.45, 2.75) is 27.2 Å². The van der Waals surface area contributed by atoms with E-state index in [1.807, 2.05) is 25.7 Å². The van der Waals surface area contributed by atoms with Gasteiger partial charge in [-0.1, -0.05) is 12.2 Å². The molecular formula is C12H17NO2. The van der Waals surface area contributed by atoms with Crippen molar-refractivity contribution in [3.05, 3.63) is 38.2 Å². The summed E-state index contributed by atoms with van der Waals surface area (Å²) in [5.74, 6) is 0. The highest BCUT2D eigenvalue weighted by Gasteiger charge is 2.23. The van der Waals surface area contributed by atoms with Crippen LogP contribution in [-0.2, 0) is 6.42 Å². The molecule has 15 heavy (non-hydrogen) atoms. The van der Waals surface area contributed by atoms with Gasteiger partial charge >= 0.3 is 0 Å². The molecule has 0 radical (unpaired) electrons. The van der Waals surface area contributed by atoms with Gasteiger partial charge in [0, 0.05) is 18.7 Å². The summed E-state index contributed by atoms with van der Waals surface area (Å²) >= 11 is 0. The van der Waals surface area contributed by atoms with Crippen LogP contribution < -0.4 is 15.8 Å². The summed E-state index contributed by atoms with van der Waals surface area (Å²) in [6, 6.07) is 0. The zero-order valence-electron chi connectivity index (χ0n) is 9.59. The van der Waals surface area contributed by atoms with Gasteiger partial charge in [-0.2, -0.15) is 0 Å². The van der Waals surface area contributed by atoms with E-state index in [4.69, 9.17) is 0 Å². The van der Waals surface area contributed by atoms with Gasteiger partial charge in [-0.3, -0.25) is 9.59 Å². The van der Waals surface area contributed by atoms with Crippen molar-refractivity contribution in [1.82, 2.24) is 0 Å². The Bertz CT molecular complexity index is 434. The van der Waals surface area contributed by atoms with Crippen LogP contribution in [0.2, 0.25) is 0 Å². The summed E-state index contributed by atoms with van der Waals surface area (Å²) in [6.07, 6.45) is 0.524. The summed E-state index contributed by atoms with van der Waals surface area (Å²) in [5.41, 5.74) is 1.48. The van der Waals surface area contributed by atoms with Gasteiger partial charge in [0.1, 0.15) is 0 Å². The quantitative estimate of drug-likeness (QED) is 0.538. The Kier molecular flexibility index (Phi) is 3.45. The smallest absolute Gasteiger partial charge is 0.249 e. The molecule has 0 spiro atoms. The van der Waals surface area contributed by atoms with Crippen LogP contribution in [0.5, 0.6) is 0 Å². The first-order valence-electron chi connectivity index (χ1n) is 5.24. The molecule has 3 heteroatoms. The minimum absolute atomic E-state index is 0.333. The van der Waals surface area contributed by atoms with Crippen LogP contribution in [0.25, 0.3) is 0 Å². The second-order valence-electron chi connectivity index (χ2n) is 3.79. The average Bonchev–Trinajstić information content (AvgIpc) is 2.22. The molecule has 0 aromatic heterocycles. The molecule has 0 amide bonds. The van der Waals surface area contributed by atoms with Gasteiger partial charge < -0.3 is 4.90 Å². The van der Waals surface area contributed by atoms with E-state index in [9.17, 15) is 9.59 Å². The molecule has 0 bridgehead atoms. The maximum atomic E-state index is 11.4. The highest BCUT2D eigenvalue weighted by atomic mass is 16.2. The summed E-state index contributed by atoms with van der Waals surface area (Å²) in [5, 5.41) is 0. The summed E-state index contributed by atoms with van der Waals surface area (Å²) < 4.78 is 0. The Morgan fingerprint density at radius 3 is 2.13 bits per heavy atom. The highest BCUT2D eigenvalue weighted by molar-refractivity contribution is 5.59. The second-order valence-corrected chi connectivity index (χ2v) is 3.79. The summed E-state index contributed by atoms with van der Waals surface area (Å²) in [6.45, 7) is 11.1. The van der Waals surface area contributed by atoms with Crippen LogP contribution in [0, 0.1) is 0 Å². The number of hydrogen-bond acceptors (Lipinski definition) is 3. The molecule has 1 aromatic carbocycles. The first-order chi connectivity index (χ1) is 7.02. The lowest BCUT2D eigenvalue weighted by molar-refractivity contribution is 0.840. The van der Waals surface area contributed by atoms with Gasteiger partial charge in [0.15, 0.2) is 0 Å². The minimum atomic E-state index is -0.338. The van der Waals surface area contributed by atoms with E-state index in [1.54, 1.807) is 0 Å². The van der Waals surface area contributed by atoms with Gasteiger partial charge in [-0.15, -0.1) is 0 Å². The lowest BCUT2D eigenvalue weighted by Crippen LogP contribution is -2.43. The number of nitrogens with zero attached hydrogens (tertiary/aromatic N) is 1. The fraction of sp³-hybridized carbons (Fsp3) is 0.500. The van der Waals surface area contributed by atoms with E-state index in [-0.39, 0.29) is 10.9 Å². The monoisotopic (exact) mass is 207 g/mol. The van der Waals surface area contributed by atoms with E-state index in [0.29, 0.717) is 17.7 Å². The highest BCUT2D eigenvalue weighted by Crippen LogP contribution is 2.16. The van der Waals surface area contributed by atoms with Gasteiger partial charge in [-0.05, 0) is 27.2 Å². The molecule has 3 nitrogen and oxygen atoms in total. The van der Waals surface area contributed by atoms with Crippen molar-refractivity contribution < 1.29 is 0 Å². The normalized spacial score (nSPS) is 10.6. The Morgan fingerprint density at radius 2 is 1.73 bits per heavy atom. The molecule has 0 saturated heterocycles. The first kappa shape index (κ1) is 11.7. The van der Waals surface area contributed by atoms with Crippen molar-refractivity contribution in [1.29, 1.82) is 0 Å². The molecule has 82 valence electrons. The predicted octanol–water partition coefficient (Wildman–Crippen LogP) is 1.25. The molecule has 0 fully saturated rings. The Labute approximate surface area is 89.7 Å². The van der Waals surface area contributed by atoms with Gasteiger partial charge in [0.25, 0.3) is 0 Å². The number of allylic oxidation sites excluding steroid dienone is 1. The molecule has 0 saturated carbocycles. The predicted molar refractivity (Wildman–Crippen MR) is 63.4 cm³/mol. The van der Waals surface area contributed by atoms with Crippen LogP contribution >= 0.6 is 0 Å². The van der Waals surface area contributed by atoms with Crippen LogP contribution in [0.3, 0.4) is 0 Å². The van der Waals surface area contributed by atoms with Gasteiger partial charge in [-0.25, -0.2) is 0 Å². The van der Waals surface area contributed by atoms with E-state index in [0.717, 1.165) is 18.7 Å². The van der Waals surface area contributed by atoms with Crippen molar-refractivity contribution in [3.8, 4) is 0 Å². The molecule has 0 aliphatic heterocycles. The molecule has 0 atom stereocenters. The van der Waals surface area contributed by atoms with Crippen molar-refractivity contribution in [2.24, 2.45) is 0 Å². The molecule has 0 aliphatic rings. The van der Waals surface area contributed by atoms with E-state index >= 15 is 0 Å². The van der Waals surface area contributed by atoms with Gasteiger partial charge in [0.05, 0.1) is 5.69 Å². The number of anilines is 1. The zero-order valence-corrected chi connectivity index (χ0v) is 9.59. The molecule has 1 rings (SSSR count). The zero-order chi connectivity index (χ0) is 11.6. The Morgan fingerprint density at radius 1 is 1.20 bits per heavy atom. The molecule has 1 aromatic rings. The number of hydrogen-bond donors (Lipinski definition) is 0. The van der Waals surface area contributed by atoms with E-state index in [2.05, 4.69) is 6.58 Å². The first-order valence-corrected chi connectivity index (χ1v) is 5.24. The van der Waals surface area contributed by atoms with Crippen molar-refractivity contribution in [2.75, 3.05) is 18.0 Å². The van der Waals surface area contributed by atoms with Crippen LogP contribution in [-0.4, -0.2) is 13.1 Å². The molecule has 0 heterocycles. The third kappa shape index (κ3) is 2.01. The van der Waals surface area contributed by atoms with E-state index in [1.165, 1.54) is 0 Å². The third-order valence-electron chi connectivity index (χ3n) is 2.54. The molecular weight excluding hydrogens is 190 g/mol. The fourth-order valence-corrected chi connectivity index (χ4v) is 1.77. The minimum Gasteiger partial charge on any atom is -0.368 e. The third-order valence-corrected chi connectivity index (χ3v) is 2.54. The molecule has 0 unspecified atom stereocenters. The lowest BCUT2D eigenvalue weighted by atomic mass is 9.99. The Hall–Kier alpha value is -1.38. The maximum Gasteiger partial charge on any atom is 0.249 e. The number of rotatable bonds is 5. The van der Waals surface area contributed by atoms with Crippen LogP contribution in [0.4, 0.5) is 5.69 Å². The summed E-state index contributed by atoms with van der Waals surface area (Å²) in [7, 11) is 0. The topological polar surface area (TPSA) is 37.4 Å². The van der Waals surface area contributed by atoms with Crippen molar-refractivity contribution >= 4 is 5.69 Å². The summed E-state index contributed by atoms with van der Waals surface area (Å²) in [4.78, 5) is 24.7. The average molecular weight is 207 g/mol. The fourth-order valence-electron chi connectivity index (χ4n) is 1.77. The Balaban J connectivity index is 3.08. The SMILES string of the molecule is C=C(C)Cc1c(N(CC)CC)c(=O)c1=O. The lowest BCUT2D eigenvalue weighted by Gasteiger charge is -2.24. The maximum absolute atomic E-state index is 11.4. The van der Waals surface area contributed by atoms with Gasteiger partial charge in [0.2, 0.25) is 10.9 Å². The largest absolute Gasteiger partial charge is 0.368 e. The van der Waals surface area contributed by atoms with Crippen molar-refractivity contribution in [3.63, 3.8) is 0 Å². The van der Waals surface area contributed by atoms with Crippen LogP contribution in [0.15, 0.2) is 21.7 Å². The standard InChI is InChI=1S/C12H17NO2/c1-5-13(6-2)10-9(7-8(3)4)11(14)12(10)15/h3,5-7H2,1-2,4H3.